The lowest BCUT2D eigenvalue weighted by atomic mass is 10.00. The summed E-state index contributed by atoms with van der Waals surface area (Å²) in [6.07, 6.45) is 4.21. The summed E-state index contributed by atoms with van der Waals surface area (Å²) in [6.45, 7) is 1.03. The topological polar surface area (TPSA) is 87.0 Å². The minimum Gasteiger partial charge on any atom is -0.461 e. The summed E-state index contributed by atoms with van der Waals surface area (Å²) in [5.41, 5.74) is 2.08. The first-order valence-corrected chi connectivity index (χ1v) is 8.16. The highest BCUT2D eigenvalue weighted by Gasteiger charge is 2.19. The summed E-state index contributed by atoms with van der Waals surface area (Å²) in [5.74, 6) is 0.923. The van der Waals surface area contributed by atoms with Crippen molar-refractivity contribution in [1.29, 1.82) is 0 Å². The summed E-state index contributed by atoms with van der Waals surface area (Å²) < 4.78 is 18.2. The van der Waals surface area contributed by atoms with Crippen molar-refractivity contribution in [3.63, 3.8) is 0 Å². The second-order valence-corrected chi connectivity index (χ2v) is 5.85. The van der Waals surface area contributed by atoms with Crippen molar-refractivity contribution < 1.29 is 13.6 Å². The molecule has 0 radical (unpaired) electrons. The van der Waals surface area contributed by atoms with Gasteiger partial charge in [0, 0.05) is 13.1 Å². The summed E-state index contributed by atoms with van der Waals surface area (Å²) in [5, 5.41) is 9.36. The molecule has 2 aromatic heterocycles. The number of nitrogens with zero attached hydrogens (tertiary/aromatic N) is 3. The van der Waals surface area contributed by atoms with Gasteiger partial charge in [0.15, 0.2) is 11.6 Å². The largest absolute Gasteiger partial charge is 0.461 e. The number of aromatic nitrogens is 3. The van der Waals surface area contributed by atoms with Gasteiger partial charge < -0.3 is 9.32 Å². The molecule has 26 heavy (non-hydrogen) atoms. The van der Waals surface area contributed by atoms with Gasteiger partial charge in [-0.25, -0.2) is 9.18 Å². The van der Waals surface area contributed by atoms with Crippen LogP contribution in [0.15, 0.2) is 53.2 Å². The van der Waals surface area contributed by atoms with E-state index in [9.17, 15) is 9.18 Å². The third kappa shape index (κ3) is 3.34. The zero-order valence-corrected chi connectivity index (χ0v) is 13.8. The molecule has 4 rings (SSSR count). The fourth-order valence-corrected chi connectivity index (χ4v) is 2.80. The monoisotopic (exact) mass is 353 g/mol. The Morgan fingerprint density at radius 2 is 2.12 bits per heavy atom. The van der Waals surface area contributed by atoms with E-state index >= 15 is 0 Å². The molecule has 0 bridgehead atoms. The fourth-order valence-electron chi connectivity index (χ4n) is 2.80. The Hall–Kier alpha value is -3.42. The molecule has 2 N–H and O–H groups in total. The van der Waals surface area contributed by atoms with Crippen LogP contribution in [0.2, 0.25) is 0 Å². The predicted octanol–water partition coefficient (Wildman–Crippen LogP) is 3.53. The highest BCUT2D eigenvalue weighted by atomic mass is 19.1. The van der Waals surface area contributed by atoms with E-state index < -0.39 is 0 Å². The number of aromatic amines is 1. The number of carbonyl (C=O) groups excluding carboxylic acids is 1. The number of hydrogen-bond acceptors (Lipinski definition) is 4. The summed E-state index contributed by atoms with van der Waals surface area (Å²) in [4.78, 5) is 18.2. The van der Waals surface area contributed by atoms with Crippen LogP contribution in [0.4, 0.5) is 15.1 Å². The molecule has 0 atom stereocenters. The second-order valence-electron chi connectivity index (χ2n) is 5.85. The third-order valence-corrected chi connectivity index (χ3v) is 4.17. The lowest BCUT2D eigenvalue weighted by Gasteiger charge is -2.26. The van der Waals surface area contributed by atoms with Crippen LogP contribution in [0.1, 0.15) is 12.0 Å². The van der Waals surface area contributed by atoms with Gasteiger partial charge in [0.25, 0.3) is 5.95 Å². The van der Waals surface area contributed by atoms with Gasteiger partial charge in [-0.3, -0.25) is 10.4 Å². The molecule has 1 aliphatic heterocycles. The Balaban J connectivity index is 1.38. The molecule has 8 heteroatoms. The van der Waals surface area contributed by atoms with E-state index in [1.54, 1.807) is 29.2 Å². The molecule has 132 valence electrons. The van der Waals surface area contributed by atoms with Crippen LogP contribution in [0.25, 0.3) is 17.2 Å². The van der Waals surface area contributed by atoms with E-state index in [1.807, 2.05) is 6.08 Å². The maximum atomic E-state index is 13.0. The normalized spacial score (nSPS) is 14.2. The molecule has 0 spiro atoms. The van der Waals surface area contributed by atoms with Gasteiger partial charge in [-0.1, -0.05) is 18.2 Å². The van der Waals surface area contributed by atoms with Crippen LogP contribution in [0.3, 0.4) is 0 Å². The van der Waals surface area contributed by atoms with E-state index in [-0.39, 0.29) is 17.8 Å². The summed E-state index contributed by atoms with van der Waals surface area (Å²) >= 11 is 0. The predicted molar refractivity (Wildman–Crippen MR) is 93.7 cm³/mol. The average molecular weight is 353 g/mol. The Bertz CT molecular complexity index is 931. The van der Waals surface area contributed by atoms with Crippen LogP contribution in [0, 0.1) is 5.82 Å². The van der Waals surface area contributed by atoms with Gasteiger partial charge in [-0.2, -0.15) is 4.98 Å². The molecule has 0 saturated heterocycles. The molecule has 3 aromatic rings. The molecule has 0 unspecified atom stereocenters. The van der Waals surface area contributed by atoms with Crippen molar-refractivity contribution in [2.75, 3.05) is 18.4 Å². The van der Waals surface area contributed by atoms with Crippen molar-refractivity contribution in [3.05, 3.63) is 60.1 Å². The van der Waals surface area contributed by atoms with Crippen molar-refractivity contribution in [2.45, 2.75) is 6.42 Å². The number of hydrogen-bond donors (Lipinski definition) is 2. The maximum Gasteiger partial charge on any atom is 0.324 e. The minimum absolute atomic E-state index is 0.190. The number of urea groups is 1. The lowest BCUT2D eigenvalue weighted by molar-refractivity contribution is 0.217. The number of furan rings is 1. The number of anilines is 1. The molecule has 2 amide bonds. The number of benzene rings is 1. The van der Waals surface area contributed by atoms with Gasteiger partial charge in [-0.05, 0) is 41.8 Å². The van der Waals surface area contributed by atoms with Crippen molar-refractivity contribution in [3.8, 4) is 11.6 Å². The molecule has 7 nitrogen and oxygen atoms in total. The highest BCUT2D eigenvalue weighted by Crippen LogP contribution is 2.23. The second kappa shape index (κ2) is 6.83. The van der Waals surface area contributed by atoms with Crippen LogP contribution in [-0.4, -0.2) is 39.2 Å². The van der Waals surface area contributed by atoms with E-state index in [1.165, 1.54) is 18.4 Å². The zero-order valence-electron chi connectivity index (χ0n) is 13.8. The van der Waals surface area contributed by atoms with Crippen molar-refractivity contribution >= 4 is 17.6 Å². The minimum atomic E-state index is -0.274. The molecule has 3 heterocycles. The van der Waals surface area contributed by atoms with Gasteiger partial charge >= 0.3 is 6.03 Å². The first kappa shape index (κ1) is 16.1. The Morgan fingerprint density at radius 1 is 1.27 bits per heavy atom. The molecular formula is C18H16FN5O2. The van der Waals surface area contributed by atoms with Crippen LogP contribution >= 0.6 is 0 Å². The number of halogens is 1. The van der Waals surface area contributed by atoms with E-state index in [4.69, 9.17) is 4.42 Å². The SMILES string of the molecule is O=C(Nc1n[nH]c(-c2ccco2)n1)N1CC=C(c2ccc(F)cc2)CC1. The van der Waals surface area contributed by atoms with E-state index in [2.05, 4.69) is 20.5 Å². The summed E-state index contributed by atoms with van der Waals surface area (Å²) in [7, 11) is 0. The number of amides is 2. The smallest absolute Gasteiger partial charge is 0.324 e. The first-order chi connectivity index (χ1) is 12.7. The third-order valence-electron chi connectivity index (χ3n) is 4.17. The molecule has 0 fully saturated rings. The molecule has 1 aliphatic rings. The standard InChI is InChI=1S/C18H16FN5O2/c19-14-5-3-12(4-6-14)13-7-9-24(10-8-13)18(25)21-17-20-16(22-23-17)15-2-1-11-26-15/h1-7,11H,8-10H2,(H2,20,21,22,23,25). The summed E-state index contributed by atoms with van der Waals surface area (Å²) in [6, 6.07) is 9.60. The van der Waals surface area contributed by atoms with E-state index in [0.717, 1.165) is 11.1 Å². The van der Waals surface area contributed by atoms with Gasteiger partial charge in [0.05, 0.1) is 6.26 Å². The lowest BCUT2D eigenvalue weighted by Crippen LogP contribution is -2.38. The van der Waals surface area contributed by atoms with Gasteiger partial charge in [-0.15, -0.1) is 5.10 Å². The van der Waals surface area contributed by atoms with Crippen molar-refractivity contribution in [1.82, 2.24) is 20.1 Å². The number of rotatable bonds is 3. The molecule has 0 aliphatic carbocycles. The van der Waals surface area contributed by atoms with Crippen LogP contribution in [-0.2, 0) is 0 Å². The van der Waals surface area contributed by atoms with Crippen molar-refractivity contribution in [2.24, 2.45) is 0 Å². The molecular weight excluding hydrogens is 337 g/mol. The Morgan fingerprint density at radius 3 is 2.81 bits per heavy atom. The fraction of sp³-hybridized carbons (Fsp3) is 0.167. The Labute approximate surface area is 148 Å². The highest BCUT2D eigenvalue weighted by molar-refractivity contribution is 5.88. The molecule has 0 saturated carbocycles. The maximum absolute atomic E-state index is 13.0. The zero-order chi connectivity index (χ0) is 17.9. The van der Waals surface area contributed by atoms with Crippen LogP contribution in [0.5, 0.6) is 0 Å². The van der Waals surface area contributed by atoms with E-state index in [0.29, 0.717) is 31.1 Å². The average Bonchev–Trinajstić information content (AvgIpc) is 3.34. The van der Waals surface area contributed by atoms with Gasteiger partial charge in [0.2, 0.25) is 0 Å². The number of nitrogens with one attached hydrogen (secondary N) is 2. The number of carbonyl (C=O) groups is 1. The number of H-pyrrole nitrogens is 1. The molecule has 1 aromatic carbocycles. The quantitative estimate of drug-likeness (QED) is 0.754. The van der Waals surface area contributed by atoms with Gasteiger partial charge in [0.1, 0.15) is 5.82 Å². The Kier molecular flexibility index (Phi) is 4.22. The van der Waals surface area contributed by atoms with Crippen LogP contribution < -0.4 is 5.32 Å². The first-order valence-electron chi connectivity index (χ1n) is 8.16.